The molecule has 1 atom stereocenters. The Morgan fingerprint density at radius 3 is 2.75 bits per heavy atom. The summed E-state index contributed by atoms with van der Waals surface area (Å²) in [6.07, 6.45) is 5.99. The predicted octanol–water partition coefficient (Wildman–Crippen LogP) is 0.358. The zero-order chi connectivity index (χ0) is 9.19. The summed E-state index contributed by atoms with van der Waals surface area (Å²) < 4.78 is 0. The van der Waals surface area contributed by atoms with Gasteiger partial charge in [-0.15, -0.1) is 0 Å². The molecule has 0 saturated carbocycles. The standard InChI is InChI=1S/C9H11NO2/c1-7(12)9(10)4-2-8(6-11)3-5-9/h2-4,6H,5,10H2,1H3. The van der Waals surface area contributed by atoms with Crippen molar-refractivity contribution in [1.82, 2.24) is 0 Å². The van der Waals surface area contributed by atoms with Gasteiger partial charge in [0.15, 0.2) is 5.78 Å². The van der Waals surface area contributed by atoms with Crippen molar-refractivity contribution in [2.24, 2.45) is 5.73 Å². The van der Waals surface area contributed by atoms with Crippen LogP contribution < -0.4 is 5.73 Å². The second kappa shape index (κ2) is 3.03. The quantitative estimate of drug-likeness (QED) is 0.601. The molecule has 0 aromatic rings. The molecular formula is C9H11NO2. The molecule has 0 aromatic heterocycles. The van der Waals surface area contributed by atoms with Crippen molar-refractivity contribution in [2.45, 2.75) is 18.9 Å². The fourth-order valence-electron chi connectivity index (χ4n) is 1.02. The third-order valence-electron chi connectivity index (χ3n) is 2.04. The molecule has 1 rings (SSSR count). The molecule has 0 amide bonds. The fourth-order valence-corrected chi connectivity index (χ4v) is 1.02. The van der Waals surface area contributed by atoms with Crippen LogP contribution in [-0.2, 0) is 9.59 Å². The maximum atomic E-state index is 11.0. The second-order valence-corrected chi connectivity index (χ2v) is 2.96. The van der Waals surface area contributed by atoms with Crippen molar-refractivity contribution < 1.29 is 9.59 Å². The van der Waals surface area contributed by atoms with Crippen LogP contribution in [0.15, 0.2) is 23.8 Å². The highest BCUT2D eigenvalue weighted by Gasteiger charge is 2.27. The highest BCUT2D eigenvalue weighted by Crippen LogP contribution is 2.18. The molecule has 0 aromatic carbocycles. The van der Waals surface area contributed by atoms with Gasteiger partial charge in [0.05, 0.1) is 5.54 Å². The van der Waals surface area contributed by atoms with Gasteiger partial charge in [-0.05, 0) is 13.3 Å². The maximum Gasteiger partial charge on any atom is 0.153 e. The smallest absolute Gasteiger partial charge is 0.153 e. The first-order valence-corrected chi connectivity index (χ1v) is 3.73. The Morgan fingerprint density at radius 2 is 2.42 bits per heavy atom. The topological polar surface area (TPSA) is 60.2 Å². The zero-order valence-electron chi connectivity index (χ0n) is 6.91. The van der Waals surface area contributed by atoms with Gasteiger partial charge in [-0.2, -0.15) is 0 Å². The van der Waals surface area contributed by atoms with Crippen LogP contribution in [-0.4, -0.2) is 17.6 Å². The Kier molecular flexibility index (Phi) is 2.24. The Morgan fingerprint density at radius 1 is 1.75 bits per heavy atom. The summed E-state index contributed by atoms with van der Waals surface area (Å²) in [5, 5.41) is 0. The lowest BCUT2D eigenvalue weighted by Crippen LogP contribution is -2.45. The molecule has 64 valence electrons. The molecule has 0 radical (unpaired) electrons. The minimum absolute atomic E-state index is 0.0834. The lowest BCUT2D eigenvalue weighted by Gasteiger charge is -2.23. The van der Waals surface area contributed by atoms with Crippen molar-refractivity contribution in [1.29, 1.82) is 0 Å². The molecule has 0 aliphatic heterocycles. The van der Waals surface area contributed by atoms with Gasteiger partial charge in [0.2, 0.25) is 0 Å². The average molecular weight is 165 g/mol. The molecule has 1 aliphatic rings. The monoisotopic (exact) mass is 165 g/mol. The predicted molar refractivity (Wildman–Crippen MR) is 45.5 cm³/mol. The van der Waals surface area contributed by atoms with Crippen molar-refractivity contribution in [3.63, 3.8) is 0 Å². The first-order chi connectivity index (χ1) is 5.58. The summed E-state index contributed by atoms with van der Waals surface area (Å²) in [6.45, 7) is 1.45. The van der Waals surface area contributed by atoms with Gasteiger partial charge in [-0.25, -0.2) is 0 Å². The van der Waals surface area contributed by atoms with E-state index < -0.39 is 5.54 Å². The van der Waals surface area contributed by atoms with Crippen molar-refractivity contribution in [3.8, 4) is 0 Å². The van der Waals surface area contributed by atoms with E-state index in [0.717, 1.165) is 6.29 Å². The third-order valence-corrected chi connectivity index (χ3v) is 2.04. The molecule has 0 spiro atoms. The summed E-state index contributed by atoms with van der Waals surface area (Å²) in [4.78, 5) is 21.3. The Labute approximate surface area is 70.9 Å². The van der Waals surface area contributed by atoms with Gasteiger partial charge < -0.3 is 5.73 Å². The Bertz CT molecular complexity index is 278. The van der Waals surface area contributed by atoms with E-state index in [0.29, 0.717) is 12.0 Å². The van der Waals surface area contributed by atoms with E-state index in [1.807, 2.05) is 0 Å². The van der Waals surface area contributed by atoms with Gasteiger partial charge in [-0.3, -0.25) is 9.59 Å². The molecule has 3 nitrogen and oxygen atoms in total. The molecule has 0 fully saturated rings. The van der Waals surface area contributed by atoms with Crippen molar-refractivity contribution in [2.75, 3.05) is 0 Å². The minimum atomic E-state index is -0.896. The molecule has 2 N–H and O–H groups in total. The minimum Gasteiger partial charge on any atom is -0.316 e. The van der Waals surface area contributed by atoms with Crippen molar-refractivity contribution in [3.05, 3.63) is 23.8 Å². The van der Waals surface area contributed by atoms with E-state index in [1.54, 1.807) is 18.2 Å². The van der Waals surface area contributed by atoms with Gasteiger partial charge >= 0.3 is 0 Å². The first kappa shape index (κ1) is 8.87. The number of hydrogen-bond acceptors (Lipinski definition) is 3. The van der Waals surface area contributed by atoms with Crippen LogP contribution in [0.25, 0.3) is 0 Å². The van der Waals surface area contributed by atoms with Gasteiger partial charge in [0, 0.05) is 5.57 Å². The number of Topliss-reactive ketones (excluding diaryl/α,β-unsaturated/α-hetero) is 1. The SMILES string of the molecule is CC(=O)C1(N)C=CC(C=O)=CC1. The molecule has 1 aliphatic carbocycles. The number of rotatable bonds is 2. The molecule has 12 heavy (non-hydrogen) atoms. The van der Waals surface area contributed by atoms with Crippen LogP contribution >= 0.6 is 0 Å². The Hall–Kier alpha value is -1.22. The molecular weight excluding hydrogens is 154 g/mol. The van der Waals surface area contributed by atoms with Crippen LogP contribution in [0.3, 0.4) is 0 Å². The summed E-state index contributed by atoms with van der Waals surface area (Å²) in [6, 6.07) is 0. The van der Waals surface area contributed by atoms with E-state index in [1.165, 1.54) is 6.92 Å². The third kappa shape index (κ3) is 1.51. The number of carbonyl (C=O) groups is 2. The van der Waals surface area contributed by atoms with E-state index in [9.17, 15) is 9.59 Å². The van der Waals surface area contributed by atoms with Gasteiger partial charge in [-0.1, -0.05) is 18.2 Å². The Balaban J connectivity index is 2.83. The molecule has 0 bridgehead atoms. The summed E-state index contributed by atoms with van der Waals surface area (Å²) in [7, 11) is 0. The van der Waals surface area contributed by atoms with Gasteiger partial charge in [0.25, 0.3) is 0 Å². The number of ketones is 1. The van der Waals surface area contributed by atoms with Crippen LogP contribution in [0.5, 0.6) is 0 Å². The summed E-state index contributed by atoms with van der Waals surface area (Å²) >= 11 is 0. The summed E-state index contributed by atoms with van der Waals surface area (Å²) in [5.41, 5.74) is 5.41. The second-order valence-electron chi connectivity index (χ2n) is 2.96. The largest absolute Gasteiger partial charge is 0.316 e. The van der Waals surface area contributed by atoms with Crippen LogP contribution in [0, 0.1) is 0 Å². The molecule has 3 heteroatoms. The van der Waals surface area contributed by atoms with E-state index in [-0.39, 0.29) is 5.78 Å². The highest BCUT2D eigenvalue weighted by atomic mass is 16.1. The molecule has 0 heterocycles. The zero-order valence-corrected chi connectivity index (χ0v) is 6.91. The molecule has 1 unspecified atom stereocenters. The highest BCUT2D eigenvalue weighted by molar-refractivity contribution is 5.90. The van der Waals surface area contributed by atoms with Crippen LogP contribution in [0.4, 0.5) is 0 Å². The van der Waals surface area contributed by atoms with E-state index >= 15 is 0 Å². The van der Waals surface area contributed by atoms with Crippen molar-refractivity contribution >= 4 is 12.1 Å². The number of carbonyl (C=O) groups excluding carboxylic acids is 2. The lowest BCUT2D eigenvalue weighted by molar-refractivity contribution is -0.120. The average Bonchev–Trinajstić information content (AvgIpc) is 2.06. The summed E-state index contributed by atoms with van der Waals surface area (Å²) in [5.74, 6) is -0.0834. The number of nitrogens with two attached hydrogens (primary N) is 1. The first-order valence-electron chi connectivity index (χ1n) is 3.73. The number of allylic oxidation sites excluding steroid dienone is 2. The van der Waals surface area contributed by atoms with E-state index in [2.05, 4.69) is 0 Å². The lowest BCUT2D eigenvalue weighted by atomic mass is 9.87. The van der Waals surface area contributed by atoms with E-state index in [4.69, 9.17) is 5.73 Å². The fraction of sp³-hybridized carbons (Fsp3) is 0.333. The normalized spacial score (nSPS) is 28.0. The van der Waals surface area contributed by atoms with Crippen LogP contribution in [0.2, 0.25) is 0 Å². The maximum absolute atomic E-state index is 11.0. The molecule has 0 saturated heterocycles. The van der Waals surface area contributed by atoms with Gasteiger partial charge in [0.1, 0.15) is 6.29 Å². The number of hydrogen-bond donors (Lipinski definition) is 1. The number of aldehydes is 1. The van der Waals surface area contributed by atoms with Crippen LogP contribution in [0.1, 0.15) is 13.3 Å².